The Morgan fingerprint density at radius 3 is 2.71 bits per heavy atom. The molecule has 4 heteroatoms. The minimum absolute atomic E-state index is 0.139. The molecule has 1 aliphatic rings. The van der Waals surface area contributed by atoms with Crippen molar-refractivity contribution in [2.75, 3.05) is 0 Å². The highest BCUT2D eigenvalue weighted by atomic mass is 16.5. The molecular formula is C13H15NO3. The monoisotopic (exact) mass is 233 g/mol. The quantitative estimate of drug-likeness (QED) is 0.753. The summed E-state index contributed by atoms with van der Waals surface area (Å²) in [6, 6.07) is 5.00. The van der Waals surface area contributed by atoms with Crippen LogP contribution in [0.25, 0.3) is 0 Å². The van der Waals surface area contributed by atoms with Crippen LogP contribution in [0.3, 0.4) is 0 Å². The molecule has 0 bridgehead atoms. The maximum absolute atomic E-state index is 11.9. The van der Waals surface area contributed by atoms with Crippen LogP contribution in [-0.2, 0) is 11.3 Å². The highest BCUT2D eigenvalue weighted by molar-refractivity contribution is 5.98. The van der Waals surface area contributed by atoms with E-state index >= 15 is 0 Å². The Bertz CT molecular complexity index is 486. The first kappa shape index (κ1) is 11.6. The lowest BCUT2D eigenvalue weighted by atomic mass is 10.0. The van der Waals surface area contributed by atoms with E-state index < -0.39 is 0 Å². The van der Waals surface area contributed by atoms with Gasteiger partial charge in [0.05, 0.1) is 5.56 Å². The van der Waals surface area contributed by atoms with Gasteiger partial charge < -0.3 is 10.1 Å². The number of rotatable bonds is 1. The number of hydrogen-bond donors (Lipinski definition) is 1. The lowest BCUT2D eigenvalue weighted by Crippen LogP contribution is -2.40. The van der Waals surface area contributed by atoms with Gasteiger partial charge in [-0.05, 0) is 39.0 Å². The first-order chi connectivity index (χ1) is 7.87. The summed E-state index contributed by atoms with van der Waals surface area (Å²) in [6.07, 6.45) is 0. The van der Waals surface area contributed by atoms with E-state index in [1.165, 1.54) is 0 Å². The zero-order valence-corrected chi connectivity index (χ0v) is 10.2. The SMILES string of the molecule is CC(C)(C)NC(=O)c1ccc2c(c1)COC2=O. The van der Waals surface area contributed by atoms with Crippen LogP contribution in [0.2, 0.25) is 0 Å². The molecule has 1 aliphatic heterocycles. The highest BCUT2D eigenvalue weighted by Crippen LogP contribution is 2.21. The normalized spacial score (nSPS) is 14.2. The molecule has 4 nitrogen and oxygen atoms in total. The molecule has 17 heavy (non-hydrogen) atoms. The molecule has 90 valence electrons. The number of fused-ring (bicyclic) bond motifs is 1. The second-order valence-corrected chi connectivity index (χ2v) is 5.15. The Morgan fingerprint density at radius 2 is 2.06 bits per heavy atom. The van der Waals surface area contributed by atoms with Crippen LogP contribution in [-0.4, -0.2) is 17.4 Å². The van der Waals surface area contributed by atoms with E-state index in [-0.39, 0.29) is 24.0 Å². The predicted octanol–water partition coefficient (Wildman–Crippen LogP) is 1.89. The molecule has 1 N–H and O–H groups in total. The van der Waals surface area contributed by atoms with Gasteiger partial charge in [-0.15, -0.1) is 0 Å². The largest absolute Gasteiger partial charge is 0.457 e. The molecule has 2 rings (SSSR count). The molecule has 0 aliphatic carbocycles. The summed E-state index contributed by atoms with van der Waals surface area (Å²) in [5.41, 5.74) is 1.61. The minimum Gasteiger partial charge on any atom is -0.457 e. The molecule has 1 heterocycles. The molecule has 0 unspecified atom stereocenters. The molecule has 0 radical (unpaired) electrons. The van der Waals surface area contributed by atoms with Crippen molar-refractivity contribution < 1.29 is 14.3 Å². The molecule has 1 aromatic rings. The van der Waals surface area contributed by atoms with Crippen molar-refractivity contribution in [2.45, 2.75) is 32.9 Å². The number of amides is 1. The van der Waals surface area contributed by atoms with Gasteiger partial charge in [-0.1, -0.05) is 0 Å². The lowest BCUT2D eigenvalue weighted by molar-refractivity contribution is 0.0535. The number of ether oxygens (including phenoxy) is 1. The third-order valence-electron chi connectivity index (χ3n) is 2.43. The van der Waals surface area contributed by atoms with Crippen LogP contribution in [0.4, 0.5) is 0 Å². The predicted molar refractivity (Wildman–Crippen MR) is 62.8 cm³/mol. The number of cyclic esters (lactones) is 1. The van der Waals surface area contributed by atoms with Gasteiger partial charge in [-0.2, -0.15) is 0 Å². The topological polar surface area (TPSA) is 55.4 Å². The first-order valence-corrected chi connectivity index (χ1v) is 5.49. The molecule has 1 amide bonds. The Morgan fingerprint density at radius 1 is 1.35 bits per heavy atom. The van der Waals surface area contributed by atoms with Crippen molar-refractivity contribution in [3.63, 3.8) is 0 Å². The summed E-state index contributed by atoms with van der Waals surface area (Å²) in [7, 11) is 0. The number of hydrogen-bond acceptors (Lipinski definition) is 3. The molecule has 0 atom stereocenters. The highest BCUT2D eigenvalue weighted by Gasteiger charge is 2.23. The van der Waals surface area contributed by atoms with Crippen molar-refractivity contribution in [1.82, 2.24) is 5.32 Å². The zero-order chi connectivity index (χ0) is 12.6. The molecule has 1 aromatic carbocycles. The summed E-state index contributed by atoms with van der Waals surface area (Å²) in [5.74, 6) is -0.456. The fourth-order valence-electron chi connectivity index (χ4n) is 1.69. The van der Waals surface area contributed by atoms with Crippen LogP contribution in [0.15, 0.2) is 18.2 Å². The van der Waals surface area contributed by atoms with Crippen LogP contribution < -0.4 is 5.32 Å². The van der Waals surface area contributed by atoms with Crippen molar-refractivity contribution >= 4 is 11.9 Å². The Kier molecular flexibility index (Phi) is 2.65. The Hall–Kier alpha value is -1.84. The number of carbonyl (C=O) groups is 2. The second kappa shape index (κ2) is 3.87. The summed E-state index contributed by atoms with van der Waals surface area (Å²) < 4.78 is 4.89. The van der Waals surface area contributed by atoms with Gasteiger partial charge in [0, 0.05) is 16.7 Å². The molecule has 0 spiro atoms. The van der Waals surface area contributed by atoms with Gasteiger partial charge >= 0.3 is 5.97 Å². The third-order valence-corrected chi connectivity index (χ3v) is 2.43. The zero-order valence-electron chi connectivity index (χ0n) is 10.2. The maximum atomic E-state index is 11.9. The molecule has 0 saturated carbocycles. The molecule has 0 saturated heterocycles. The van der Waals surface area contributed by atoms with E-state index in [0.29, 0.717) is 11.1 Å². The number of nitrogens with one attached hydrogen (secondary N) is 1. The summed E-state index contributed by atoms with van der Waals surface area (Å²) in [4.78, 5) is 23.2. The van der Waals surface area contributed by atoms with Crippen molar-refractivity contribution in [3.8, 4) is 0 Å². The van der Waals surface area contributed by atoms with E-state index in [4.69, 9.17) is 4.74 Å². The van der Waals surface area contributed by atoms with Crippen molar-refractivity contribution in [1.29, 1.82) is 0 Å². The molecular weight excluding hydrogens is 218 g/mol. The number of esters is 1. The number of carbonyl (C=O) groups excluding carboxylic acids is 2. The smallest absolute Gasteiger partial charge is 0.338 e. The molecule has 0 aromatic heterocycles. The van der Waals surface area contributed by atoms with Gasteiger partial charge in [-0.3, -0.25) is 4.79 Å². The van der Waals surface area contributed by atoms with Gasteiger partial charge in [0.2, 0.25) is 0 Å². The molecule has 0 fully saturated rings. The van der Waals surface area contributed by atoms with Crippen LogP contribution in [0.5, 0.6) is 0 Å². The van der Waals surface area contributed by atoms with Crippen LogP contribution in [0.1, 0.15) is 47.1 Å². The van der Waals surface area contributed by atoms with E-state index in [1.54, 1.807) is 18.2 Å². The van der Waals surface area contributed by atoms with E-state index in [1.807, 2.05) is 20.8 Å². The second-order valence-electron chi connectivity index (χ2n) is 5.15. The van der Waals surface area contributed by atoms with E-state index in [2.05, 4.69) is 5.32 Å². The standard InChI is InChI=1S/C13H15NO3/c1-13(2,3)14-11(15)8-4-5-10-9(6-8)7-17-12(10)16/h4-6H,7H2,1-3H3,(H,14,15). The lowest BCUT2D eigenvalue weighted by Gasteiger charge is -2.20. The van der Waals surface area contributed by atoms with E-state index in [9.17, 15) is 9.59 Å². The maximum Gasteiger partial charge on any atom is 0.338 e. The Labute approximate surface area is 100.0 Å². The first-order valence-electron chi connectivity index (χ1n) is 5.49. The average molecular weight is 233 g/mol. The van der Waals surface area contributed by atoms with Gasteiger partial charge in [0.15, 0.2) is 0 Å². The Balaban J connectivity index is 2.24. The van der Waals surface area contributed by atoms with Crippen molar-refractivity contribution in [3.05, 3.63) is 34.9 Å². The third kappa shape index (κ3) is 2.46. The fraction of sp³-hybridized carbons (Fsp3) is 0.385. The summed E-state index contributed by atoms with van der Waals surface area (Å²) in [5, 5.41) is 2.87. The summed E-state index contributed by atoms with van der Waals surface area (Å²) >= 11 is 0. The van der Waals surface area contributed by atoms with Gasteiger partial charge in [0.25, 0.3) is 5.91 Å². The van der Waals surface area contributed by atoms with Crippen molar-refractivity contribution in [2.24, 2.45) is 0 Å². The minimum atomic E-state index is -0.317. The van der Waals surface area contributed by atoms with Crippen LogP contribution in [0, 0.1) is 0 Å². The van der Waals surface area contributed by atoms with Crippen LogP contribution >= 0.6 is 0 Å². The van der Waals surface area contributed by atoms with Gasteiger partial charge in [-0.25, -0.2) is 4.79 Å². The van der Waals surface area contributed by atoms with Gasteiger partial charge in [0.1, 0.15) is 6.61 Å². The average Bonchev–Trinajstić information content (AvgIpc) is 2.57. The summed E-state index contributed by atoms with van der Waals surface area (Å²) in [6.45, 7) is 6.02. The fourth-order valence-corrected chi connectivity index (χ4v) is 1.69. The van der Waals surface area contributed by atoms with E-state index in [0.717, 1.165) is 5.56 Å². The number of benzene rings is 1.